The molecule has 4 aliphatic heterocycles. The average Bonchev–Trinajstić information content (AvgIpc) is 2.69. The van der Waals surface area contributed by atoms with E-state index in [4.69, 9.17) is 4.74 Å². The second kappa shape index (κ2) is 6.41. The standard InChI is InChI=1S/C23H29N3O3/c1-4-5-8-23-13-25-11-22(2,21(23)28)12-26(14-23)20(25)17-10-15-9-16(29-3)6-7-18(15)24-19(17)27/h6-7,9-10,20H,4-5,8,11-14H2,1-3H3,(H,24,27). The number of ether oxygens (including phenoxy) is 1. The van der Waals surface area contributed by atoms with E-state index >= 15 is 0 Å². The zero-order valence-corrected chi connectivity index (χ0v) is 17.5. The predicted octanol–water partition coefficient (Wildman–Crippen LogP) is 2.93. The van der Waals surface area contributed by atoms with Crippen LogP contribution in [0.1, 0.15) is 44.8 Å². The largest absolute Gasteiger partial charge is 0.497 e. The number of benzene rings is 1. The number of carbonyl (C=O) groups is 1. The Morgan fingerprint density at radius 3 is 2.52 bits per heavy atom. The first-order valence-electron chi connectivity index (χ1n) is 10.6. The summed E-state index contributed by atoms with van der Waals surface area (Å²) < 4.78 is 5.36. The van der Waals surface area contributed by atoms with Crippen molar-refractivity contribution in [1.82, 2.24) is 14.8 Å². The van der Waals surface area contributed by atoms with Gasteiger partial charge in [0.05, 0.1) is 24.1 Å². The Morgan fingerprint density at radius 2 is 1.86 bits per heavy atom. The van der Waals surface area contributed by atoms with E-state index in [0.717, 1.165) is 67.7 Å². The Balaban J connectivity index is 1.57. The van der Waals surface area contributed by atoms with Crippen molar-refractivity contribution in [2.75, 3.05) is 33.3 Å². The Labute approximate surface area is 170 Å². The molecule has 5 heterocycles. The Hall–Kier alpha value is -2.18. The molecular formula is C23H29N3O3. The molecule has 0 saturated carbocycles. The van der Waals surface area contributed by atoms with Crippen molar-refractivity contribution in [3.05, 3.63) is 40.2 Å². The van der Waals surface area contributed by atoms with Gasteiger partial charge in [-0.2, -0.15) is 0 Å². The van der Waals surface area contributed by atoms with Gasteiger partial charge in [-0.25, -0.2) is 0 Å². The monoisotopic (exact) mass is 395 g/mol. The highest BCUT2D eigenvalue weighted by atomic mass is 16.5. The molecule has 1 aromatic carbocycles. The zero-order valence-electron chi connectivity index (χ0n) is 17.5. The van der Waals surface area contributed by atoms with Crippen LogP contribution in [0.5, 0.6) is 5.75 Å². The minimum atomic E-state index is -0.326. The highest BCUT2D eigenvalue weighted by Gasteiger charge is 2.63. The summed E-state index contributed by atoms with van der Waals surface area (Å²) >= 11 is 0. The average molecular weight is 396 g/mol. The lowest BCUT2D eigenvalue weighted by Gasteiger charge is -2.65. The summed E-state index contributed by atoms with van der Waals surface area (Å²) in [4.78, 5) is 34.1. The fraction of sp³-hybridized carbons (Fsp3) is 0.565. The van der Waals surface area contributed by atoms with E-state index in [1.54, 1.807) is 7.11 Å². The third kappa shape index (κ3) is 2.69. The van der Waals surface area contributed by atoms with Crippen molar-refractivity contribution in [3.8, 4) is 5.75 Å². The third-order valence-corrected chi connectivity index (χ3v) is 7.20. The van der Waals surface area contributed by atoms with Crippen LogP contribution in [-0.2, 0) is 4.79 Å². The molecule has 4 bridgehead atoms. The second-order valence-electron chi connectivity index (χ2n) is 9.46. The number of pyridine rings is 1. The Morgan fingerprint density at radius 1 is 1.14 bits per heavy atom. The summed E-state index contributed by atoms with van der Waals surface area (Å²) in [7, 11) is 1.65. The molecule has 0 aliphatic carbocycles. The number of ketones is 1. The first-order valence-corrected chi connectivity index (χ1v) is 10.6. The zero-order chi connectivity index (χ0) is 20.4. The number of unbranched alkanes of at least 4 members (excludes halogenated alkanes) is 1. The van der Waals surface area contributed by atoms with Gasteiger partial charge in [-0.05, 0) is 30.7 Å². The Bertz CT molecular complexity index is 1030. The van der Waals surface area contributed by atoms with Crippen molar-refractivity contribution in [2.45, 2.75) is 39.3 Å². The summed E-state index contributed by atoms with van der Waals surface area (Å²) in [5.41, 5.74) is 0.943. The molecule has 2 aromatic rings. The van der Waals surface area contributed by atoms with Crippen LogP contribution in [0.25, 0.3) is 10.9 Å². The van der Waals surface area contributed by atoms with Crippen molar-refractivity contribution in [1.29, 1.82) is 0 Å². The van der Waals surface area contributed by atoms with E-state index in [1.165, 1.54) is 0 Å². The lowest BCUT2D eigenvalue weighted by Crippen LogP contribution is -2.76. The molecule has 1 aromatic heterocycles. The van der Waals surface area contributed by atoms with Crippen molar-refractivity contribution in [2.24, 2.45) is 10.8 Å². The fourth-order valence-corrected chi connectivity index (χ4v) is 6.09. The number of carbonyl (C=O) groups excluding carboxylic acids is 1. The highest BCUT2D eigenvalue weighted by molar-refractivity contribution is 5.93. The molecule has 4 aliphatic rings. The lowest BCUT2D eigenvalue weighted by atomic mass is 9.59. The number of aromatic amines is 1. The number of piperidine rings is 2. The van der Waals surface area contributed by atoms with Crippen LogP contribution in [0.3, 0.4) is 0 Å². The topological polar surface area (TPSA) is 65.6 Å². The fourth-order valence-electron chi connectivity index (χ4n) is 6.09. The summed E-state index contributed by atoms with van der Waals surface area (Å²) in [5.74, 6) is 1.22. The first-order chi connectivity index (χ1) is 13.9. The van der Waals surface area contributed by atoms with E-state index in [1.807, 2.05) is 24.3 Å². The number of hydrogen-bond acceptors (Lipinski definition) is 5. The van der Waals surface area contributed by atoms with E-state index < -0.39 is 0 Å². The first kappa shape index (κ1) is 18.8. The molecule has 6 rings (SSSR count). The molecule has 4 fully saturated rings. The van der Waals surface area contributed by atoms with Gasteiger partial charge in [-0.15, -0.1) is 0 Å². The summed E-state index contributed by atoms with van der Waals surface area (Å²) in [6.45, 7) is 7.28. The van der Waals surface area contributed by atoms with E-state index in [0.29, 0.717) is 5.78 Å². The van der Waals surface area contributed by atoms with Gasteiger partial charge in [0.2, 0.25) is 0 Å². The van der Waals surface area contributed by atoms with Gasteiger partial charge in [0.25, 0.3) is 5.56 Å². The molecule has 2 atom stereocenters. The van der Waals surface area contributed by atoms with Crippen LogP contribution in [0.2, 0.25) is 0 Å². The maximum atomic E-state index is 13.3. The number of rotatable bonds is 5. The van der Waals surface area contributed by atoms with Crippen molar-refractivity contribution in [3.63, 3.8) is 0 Å². The minimum Gasteiger partial charge on any atom is -0.497 e. The van der Waals surface area contributed by atoms with Gasteiger partial charge < -0.3 is 9.72 Å². The molecule has 0 radical (unpaired) electrons. The minimum absolute atomic E-state index is 0.0424. The maximum Gasteiger partial charge on any atom is 0.254 e. The molecule has 6 nitrogen and oxygen atoms in total. The molecule has 0 spiro atoms. The molecule has 154 valence electrons. The van der Waals surface area contributed by atoms with Gasteiger partial charge in [-0.1, -0.05) is 26.7 Å². The third-order valence-electron chi connectivity index (χ3n) is 7.20. The van der Waals surface area contributed by atoms with Crippen LogP contribution in [0.15, 0.2) is 29.1 Å². The van der Waals surface area contributed by atoms with Crippen LogP contribution in [0, 0.1) is 10.8 Å². The van der Waals surface area contributed by atoms with Gasteiger partial charge in [0, 0.05) is 42.6 Å². The Kier molecular flexibility index (Phi) is 4.16. The summed E-state index contributed by atoms with van der Waals surface area (Å²) in [5, 5.41) is 0.971. The van der Waals surface area contributed by atoms with Gasteiger partial charge in [0.15, 0.2) is 0 Å². The predicted molar refractivity (Wildman–Crippen MR) is 112 cm³/mol. The number of H-pyrrole nitrogens is 1. The molecule has 2 unspecified atom stereocenters. The smallest absolute Gasteiger partial charge is 0.254 e. The number of nitrogens with zero attached hydrogens (tertiary/aromatic N) is 2. The van der Waals surface area contributed by atoms with E-state index in [9.17, 15) is 9.59 Å². The number of nitrogens with one attached hydrogen (secondary N) is 1. The number of hydrogen-bond donors (Lipinski definition) is 1. The maximum absolute atomic E-state index is 13.3. The molecule has 1 N–H and O–H groups in total. The van der Waals surface area contributed by atoms with Crippen molar-refractivity contribution >= 4 is 16.7 Å². The molecule has 29 heavy (non-hydrogen) atoms. The quantitative estimate of drug-likeness (QED) is 0.843. The van der Waals surface area contributed by atoms with Crippen LogP contribution in [-0.4, -0.2) is 53.9 Å². The van der Waals surface area contributed by atoms with Crippen LogP contribution < -0.4 is 10.3 Å². The molecule has 4 saturated heterocycles. The second-order valence-corrected chi connectivity index (χ2v) is 9.46. The van der Waals surface area contributed by atoms with Gasteiger partial charge >= 0.3 is 0 Å². The van der Waals surface area contributed by atoms with Crippen molar-refractivity contribution < 1.29 is 9.53 Å². The number of aromatic nitrogens is 1. The van der Waals surface area contributed by atoms with Gasteiger partial charge in [0.1, 0.15) is 11.5 Å². The van der Waals surface area contributed by atoms with E-state index in [2.05, 4.69) is 28.6 Å². The van der Waals surface area contributed by atoms with Gasteiger partial charge in [-0.3, -0.25) is 19.4 Å². The summed E-state index contributed by atoms with van der Waals surface area (Å²) in [6.07, 6.45) is 3.06. The lowest BCUT2D eigenvalue weighted by molar-refractivity contribution is -0.201. The highest BCUT2D eigenvalue weighted by Crippen LogP contribution is 2.53. The SMILES string of the molecule is CCCCC12CN3CC(C)(CN(C1)C3c1cc3cc(OC)ccc3[nH]c1=O)C2=O. The number of fused-ring (bicyclic) bond motifs is 1. The number of methoxy groups -OCH3 is 1. The normalized spacial score (nSPS) is 35.4. The van der Waals surface area contributed by atoms with Crippen LogP contribution >= 0.6 is 0 Å². The van der Waals surface area contributed by atoms with Crippen LogP contribution in [0.4, 0.5) is 0 Å². The molecule has 0 amide bonds. The number of Topliss-reactive ketones (excluding diaryl/α,β-unsaturated/α-hetero) is 1. The summed E-state index contributed by atoms with van der Waals surface area (Å²) in [6, 6.07) is 7.71. The molecular weight excluding hydrogens is 366 g/mol. The molecule has 6 heteroatoms. The van der Waals surface area contributed by atoms with E-state index in [-0.39, 0.29) is 22.6 Å².